The number of nitrogens with zero attached hydrogens (tertiary/aromatic N) is 3. The maximum atomic E-state index is 12.7. The number of aromatic amines is 1. The minimum Gasteiger partial charge on any atom is -0.344 e. The fourth-order valence-electron chi connectivity index (χ4n) is 3.52. The summed E-state index contributed by atoms with van der Waals surface area (Å²) >= 11 is 0. The number of hydrogen-bond donors (Lipinski definition) is 1. The van der Waals surface area contributed by atoms with E-state index in [4.69, 9.17) is 0 Å². The summed E-state index contributed by atoms with van der Waals surface area (Å²) < 4.78 is 0.955. The summed E-state index contributed by atoms with van der Waals surface area (Å²) in [4.78, 5) is 54.0. The molecule has 1 aromatic heterocycles. The first-order valence-electron chi connectivity index (χ1n) is 7.71. The third-order valence-corrected chi connectivity index (χ3v) is 4.82. The molecule has 0 radical (unpaired) electrons. The van der Waals surface area contributed by atoms with E-state index in [1.165, 1.54) is 13.2 Å². The van der Waals surface area contributed by atoms with Gasteiger partial charge in [-0.05, 0) is 12.8 Å². The number of likely N-dealkylation sites (tertiary alicyclic amines) is 1. The van der Waals surface area contributed by atoms with Crippen molar-refractivity contribution in [1.82, 2.24) is 19.4 Å². The van der Waals surface area contributed by atoms with Gasteiger partial charge in [-0.2, -0.15) is 0 Å². The highest BCUT2D eigenvalue weighted by atomic mass is 16.2. The standard InChI is InChI=1S/C15H20N4O4/c1-17-8-11-4-3-10(6-12(17)20)19(11)13(21)5-9-7-16-15(23)18(2)14(9)22/h7,10-11H,3-6,8H2,1-2H3,(H,16,23)/t10-,11+/m1/s1. The van der Waals surface area contributed by atoms with Gasteiger partial charge < -0.3 is 14.8 Å². The van der Waals surface area contributed by atoms with Gasteiger partial charge in [0, 0.05) is 50.9 Å². The number of hydrogen-bond acceptors (Lipinski definition) is 4. The maximum absolute atomic E-state index is 12.7. The van der Waals surface area contributed by atoms with Crippen LogP contribution in [0.3, 0.4) is 0 Å². The third kappa shape index (κ3) is 2.69. The largest absolute Gasteiger partial charge is 0.344 e. The Morgan fingerprint density at radius 2 is 1.91 bits per heavy atom. The van der Waals surface area contributed by atoms with Crippen molar-refractivity contribution in [2.75, 3.05) is 13.6 Å². The molecule has 2 aliphatic rings. The second kappa shape index (κ2) is 5.68. The Balaban J connectivity index is 1.84. The van der Waals surface area contributed by atoms with Gasteiger partial charge in [0.2, 0.25) is 11.8 Å². The fourth-order valence-corrected chi connectivity index (χ4v) is 3.52. The number of aromatic nitrogens is 2. The molecule has 2 aliphatic heterocycles. The van der Waals surface area contributed by atoms with Crippen LogP contribution in [0.25, 0.3) is 0 Å². The predicted octanol–water partition coefficient (Wildman–Crippen LogP) is -1.16. The molecule has 0 spiro atoms. The molecule has 3 rings (SSSR count). The highest BCUT2D eigenvalue weighted by Crippen LogP contribution is 2.30. The summed E-state index contributed by atoms with van der Waals surface area (Å²) in [7, 11) is 3.13. The van der Waals surface area contributed by atoms with E-state index in [1.54, 1.807) is 16.8 Å². The van der Waals surface area contributed by atoms with Gasteiger partial charge in [0.25, 0.3) is 5.56 Å². The Kier molecular flexibility index (Phi) is 3.83. The van der Waals surface area contributed by atoms with Gasteiger partial charge in [-0.25, -0.2) is 4.79 Å². The van der Waals surface area contributed by atoms with Gasteiger partial charge in [0.05, 0.1) is 6.42 Å². The Hall–Kier alpha value is -2.38. The van der Waals surface area contributed by atoms with Crippen molar-refractivity contribution >= 4 is 11.8 Å². The smallest absolute Gasteiger partial charge is 0.328 e. The second-order valence-corrected chi connectivity index (χ2v) is 6.32. The highest BCUT2D eigenvalue weighted by molar-refractivity contribution is 5.83. The number of rotatable bonds is 2. The normalized spacial score (nSPS) is 24.0. The molecule has 2 atom stereocenters. The first-order chi connectivity index (χ1) is 10.9. The van der Waals surface area contributed by atoms with Crippen molar-refractivity contribution in [2.24, 2.45) is 7.05 Å². The molecule has 2 bridgehead atoms. The summed E-state index contributed by atoms with van der Waals surface area (Å²) in [6, 6.07) is -0.0767. The van der Waals surface area contributed by atoms with Gasteiger partial charge in [0.15, 0.2) is 0 Å². The van der Waals surface area contributed by atoms with Crippen LogP contribution in [0.4, 0.5) is 0 Å². The molecule has 1 N–H and O–H groups in total. The number of H-pyrrole nitrogens is 1. The van der Waals surface area contributed by atoms with Crippen LogP contribution in [0.2, 0.25) is 0 Å². The lowest BCUT2D eigenvalue weighted by Gasteiger charge is -2.28. The molecular weight excluding hydrogens is 300 g/mol. The molecule has 8 nitrogen and oxygen atoms in total. The van der Waals surface area contributed by atoms with Crippen molar-refractivity contribution in [3.8, 4) is 0 Å². The summed E-state index contributed by atoms with van der Waals surface area (Å²) in [5.41, 5.74) is -0.703. The van der Waals surface area contributed by atoms with Crippen molar-refractivity contribution < 1.29 is 9.59 Å². The van der Waals surface area contributed by atoms with Crippen LogP contribution in [-0.4, -0.2) is 56.8 Å². The van der Waals surface area contributed by atoms with E-state index in [-0.39, 0.29) is 35.9 Å². The van der Waals surface area contributed by atoms with Gasteiger partial charge in [-0.3, -0.25) is 19.0 Å². The second-order valence-electron chi connectivity index (χ2n) is 6.32. The Morgan fingerprint density at radius 1 is 1.22 bits per heavy atom. The molecule has 0 saturated carbocycles. The van der Waals surface area contributed by atoms with Crippen molar-refractivity contribution in [1.29, 1.82) is 0 Å². The lowest BCUT2D eigenvalue weighted by Crippen LogP contribution is -2.44. The van der Waals surface area contributed by atoms with Crippen molar-refractivity contribution in [2.45, 2.75) is 37.8 Å². The fraction of sp³-hybridized carbons (Fsp3) is 0.600. The van der Waals surface area contributed by atoms with E-state index in [2.05, 4.69) is 4.98 Å². The van der Waals surface area contributed by atoms with Crippen LogP contribution in [0.15, 0.2) is 15.8 Å². The molecule has 23 heavy (non-hydrogen) atoms. The van der Waals surface area contributed by atoms with Gasteiger partial charge >= 0.3 is 5.69 Å². The number of nitrogens with one attached hydrogen (secondary N) is 1. The third-order valence-electron chi connectivity index (χ3n) is 4.82. The van der Waals surface area contributed by atoms with E-state index in [0.717, 1.165) is 17.4 Å². The molecule has 8 heteroatoms. The number of carbonyl (C=O) groups is 2. The van der Waals surface area contributed by atoms with Crippen molar-refractivity contribution in [3.05, 3.63) is 32.6 Å². The van der Waals surface area contributed by atoms with Crippen LogP contribution in [0.5, 0.6) is 0 Å². The summed E-state index contributed by atoms with van der Waals surface area (Å²) in [6.45, 7) is 0.532. The molecular formula is C15H20N4O4. The predicted molar refractivity (Wildman–Crippen MR) is 81.9 cm³/mol. The molecule has 0 aromatic carbocycles. The molecule has 0 aliphatic carbocycles. The SMILES string of the molecule is CN1C[C@@H]2CC[C@H](CC1=O)N2C(=O)Cc1c[nH]c(=O)n(C)c1=O. The highest BCUT2D eigenvalue weighted by Gasteiger charge is 2.41. The molecule has 2 saturated heterocycles. The first-order valence-corrected chi connectivity index (χ1v) is 7.71. The van der Waals surface area contributed by atoms with Crippen molar-refractivity contribution in [3.63, 3.8) is 0 Å². The van der Waals surface area contributed by atoms with Crippen LogP contribution in [0.1, 0.15) is 24.8 Å². The number of likely N-dealkylation sites (N-methyl/N-ethyl adjacent to an activating group) is 1. The van der Waals surface area contributed by atoms with Crippen LogP contribution >= 0.6 is 0 Å². The molecule has 1 aromatic rings. The van der Waals surface area contributed by atoms with E-state index >= 15 is 0 Å². The number of amides is 2. The quantitative estimate of drug-likeness (QED) is 0.743. The molecule has 0 unspecified atom stereocenters. The lowest BCUT2D eigenvalue weighted by molar-refractivity contribution is -0.133. The van der Waals surface area contributed by atoms with Crippen LogP contribution < -0.4 is 11.2 Å². The minimum absolute atomic E-state index is 0.00978. The average Bonchev–Trinajstić information content (AvgIpc) is 2.84. The zero-order valence-electron chi connectivity index (χ0n) is 13.2. The van der Waals surface area contributed by atoms with Gasteiger partial charge in [0.1, 0.15) is 0 Å². The summed E-state index contributed by atoms with van der Waals surface area (Å²) in [5, 5.41) is 0. The van der Waals surface area contributed by atoms with E-state index in [1.807, 2.05) is 0 Å². The zero-order chi connectivity index (χ0) is 16.7. The number of fused-ring (bicyclic) bond motifs is 2. The summed E-state index contributed by atoms with van der Waals surface area (Å²) in [5.74, 6) is -0.111. The maximum Gasteiger partial charge on any atom is 0.328 e. The molecule has 3 heterocycles. The summed E-state index contributed by atoms with van der Waals surface area (Å²) in [6.07, 6.45) is 3.27. The van der Waals surface area contributed by atoms with Gasteiger partial charge in [-0.15, -0.1) is 0 Å². The van der Waals surface area contributed by atoms with E-state index < -0.39 is 11.2 Å². The van der Waals surface area contributed by atoms with Crippen LogP contribution in [0, 0.1) is 0 Å². The average molecular weight is 320 g/mol. The lowest BCUT2D eigenvalue weighted by atomic mass is 10.1. The minimum atomic E-state index is -0.506. The van der Waals surface area contributed by atoms with Crippen LogP contribution in [-0.2, 0) is 23.1 Å². The Bertz CT molecular complexity index is 765. The van der Waals surface area contributed by atoms with E-state index in [0.29, 0.717) is 13.0 Å². The monoisotopic (exact) mass is 320 g/mol. The Labute approximate surface area is 132 Å². The molecule has 124 valence electrons. The zero-order valence-corrected chi connectivity index (χ0v) is 13.2. The molecule has 2 fully saturated rings. The van der Waals surface area contributed by atoms with Gasteiger partial charge in [-0.1, -0.05) is 0 Å². The Morgan fingerprint density at radius 3 is 2.65 bits per heavy atom. The molecule has 2 amide bonds. The first kappa shape index (κ1) is 15.5. The topological polar surface area (TPSA) is 95.5 Å². The van der Waals surface area contributed by atoms with E-state index in [9.17, 15) is 19.2 Å². The number of carbonyl (C=O) groups excluding carboxylic acids is 2.